The molecule has 148 valence electrons. The van der Waals surface area contributed by atoms with Crippen molar-refractivity contribution in [3.05, 3.63) is 29.8 Å². The van der Waals surface area contributed by atoms with Gasteiger partial charge in [0.25, 0.3) is 0 Å². The van der Waals surface area contributed by atoms with E-state index in [0.717, 1.165) is 44.4 Å². The summed E-state index contributed by atoms with van der Waals surface area (Å²) in [7, 11) is 3.55. The molecule has 1 aromatic carbocycles. The fourth-order valence-corrected chi connectivity index (χ4v) is 2.95. The average molecular weight is 475 g/mol. The molecule has 0 unspecified atom stereocenters. The first-order chi connectivity index (χ1) is 12.1. The monoisotopic (exact) mass is 475 g/mol. The third kappa shape index (κ3) is 6.95. The highest BCUT2D eigenvalue weighted by molar-refractivity contribution is 14.0. The van der Waals surface area contributed by atoms with Crippen molar-refractivity contribution in [1.82, 2.24) is 10.6 Å². The number of nitrogens with one attached hydrogen (secondary N) is 2. The van der Waals surface area contributed by atoms with Crippen LogP contribution in [0.1, 0.15) is 38.7 Å². The molecule has 1 aromatic rings. The van der Waals surface area contributed by atoms with Gasteiger partial charge in [-0.1, -0.05) is 32.0 Å². The smallest absolute Gasteiger partial charge is 0.191 e. The van der Waals surface area contributed by atoms with Crippen molar-refractivity contribution in [1.29, 1.82) is 0 Å². The summed E-state index contributed by atoms with van der Waals surface area (Å²) in [5, 5.41) is 6.84. The van der Waals surface area contributed by atoms with Crippen LogP contribution in [0.25, 0.3) is 0 Å². The summed E-state index contributed by atoms with van der Waals surface area (Å²) in [5.41, 5.74) is 1.47. The number of halogens is 1. The molecular formula is C20H34IN3O2. The molecule has 0 radical (unpaired) electrons. The molecule has 0 bridgehead atoms. The van der Waals surface area contributed by atoms with Crippen molar-refractivity contribution < 1.29 is 9.47 Å². The third-order valence-electron chi connectivity index (χ3n) is 4.56. The van der Waals surface area contributed by atoms with Crippen molar-refractivity contribution in [3.63, 3.8) is 0 Å². The van der Waals surface area contributed by atoms with Crippen LogP contribution in [0, 0.1) is 5.92 Å². The van der Waals surface area contributed by atoms with Crippen LogP contribution in [0.4, 0.5) is 0 Å². The van der Waals surface area contributed by atoms with Crippen LogP contribution in [0.15, 0.2) is 29.3 Å². The maximum atomic E-state index is 5.60. The first kappa shape index (κ1) is 23.0. The van der Waals surface area contributed by atoms with Crippen LogP contribution in [0.2, 0.25) is 0 Å². The first-order valence-corrected chi connectivity index (χ1v) is 9.27. The highest BCUT2D eigenvalue weighted by Gasteiger charge is 2.45. The predicted molar refractivity (Wildman–Crippen MR) is 119 cm³/mol. The van der Waals surface area contributed by atoms with Gasteiger partial charge >= 0.3 is 0 Å². The summed E-state index contributed by atoms with van der Waals surface area (Å²) in [6, 6.07) is 8.32. The summed E-state index contributed by atoms with van der Waals surface area (Å²) in [5.74, 6) is 2.42. The molecular weight excluding hydrogens is 441 g/mol. The van der Waals surface area contributed by atoms with E-state index in [1.54, 1.807) is 7.11 Å². The van der Waals surface area contributed by atoms with E-state index < -0.39 is 0 Å². The summed E-state index contributed by atoms with van der Waals surface area (Å²) in [4.78, 5) is 4.32. The van der Waals surface area contributed by atoms with Crippen LogP contribution in [0.5, 0.6) is 5.75 Å². The number of para-hydroxylation sites is 1. The number of aliphatic imine (C=N–C) groups is 1. The Morgan fingerprint density at radius 1 is 1.23 bits per heavy atom. The Bertz CT molecular complexity index is 560. The normalized spacial score (nSPS) is 15.3. The lowest BCUT2D eigenvalue weighted by Gasteiger charge is -2.21. The van der Waals surface area contributed by atoms with E-state index in [4.69, 9.17) is 9.47 Å². The largest absolute Gasteiger partial charge is 0.496 e. The molecule has 2 rings (SSSR count). The van der Waals surface area contributed by atoms with Gasteiger partial charge in [0, 0.05) is 44.3 Å². The van der Waals surface area contributed by atoms with Gasteiger partial charge in [-0.3, -0.25) is 4.99 Å². The minimum Gasteiger partial charge on any atom is -0.496 e. The molecule has 1 saturated carbocycles. The van der Waals surface area contributed by atoms with Gasteiger partial charge in [-0.25, -0.2) is 0 Å². The lowest BCUT2D eigenvalue weighted by Crippen LogP contribution is -2.41. The maximum Gasteiger partial charge on any atom is 0.191 e. The van der Waals surface area contributed by atoms with Crippen LogP contribution in [-0.4, -0.2) is 46.4 Å². The molecule has 1 aliphatic rings. The second kappa shape index (κ2) is 11.6. The van der Waals surface area contributed by atoms with E-state index in [1.807, 2.05) is 19.2 Å². The molecule has 6 heteroatoms. The fourth-order valence-electron chi connectivity index (χ4n) is 2.95. The number of nitrogens with zero attached hydrogens (tertiary/aromatic N) is 1. The second-order valence-corrected chi connectivity index (χ2v) is 7.16. The number of rotatable bonds is 10. The van der Waals surface area contributed by atoms with Crippen LogP contribution < -0.4 is 15.4 Å². The van der Waals surface area contributed by atoms with Gasteiger partial charge in [0.1, 0.15) is 5.75 Å². The van der Waals surface area contributed by atoms with Crippen LogP contribution in [0.3, 0.4) is 0 Å². The molecule has 0 spiro atoms. The maximum absolute atomic E-state index is 5.60. The lowest BCUT2D eigenvalue weighted by atomic mass is 9.95. The predicted octanol–water partition coefficient (Wildman–Crippen LogP) is 3.57. The topological polar surface area (TPSA) is 54.9 Å². The molecule has 0 aliphatic heterocycles. The zero-order valence-electron chi connectivity index (χ0n) is 16.5. The number of benzene rings is 1. The van der Waals surface area contributed by atoms with Gasteiger partial charge in [0.2, 0.25) is 0 Å². The summed E-state index contributed by atoms with van der Waals surface area (Å²) in [6.45, 7) is 7.68. The number of hydrogen-bond donors (Lipinski definition) is 2. The molecule has 2 N–H and O–H groups in total. The standard InChI is InChI=1S/C20H33N3O2.HI/c1-16(2)14-25-13-7-12-22-19(21-3)23-15-20(10-11-20)17-8-5-6-9-18(17)24-4;/h5-6,8-9,16H,7,10-15H2,1-4H3,(H2,21,22,23);1H. The van der Waals surface area contributed by atoms with E-state index >= 15 is 0 Å². The van der Waals surface area contributed by atoms with Crippen molar-refractivity contribution in [2.24, 2.45) is 10.9 Å². The molecule has 0 heterocycles. The quantitative estimate of drug-likeness (QED) is 0.235. The third-order valence-corrected chi connectivity index (χ3v) is 4.56. The first-order valence-electron chi connectivity index (χ1n) is 9.27. The Balaban J connectivity index is 0.00000338. The van der Waals surface area contributed by atoms with Gasteiger partial charge in [-0.05, 0) is 31.2 Å². The summed E-state index contributed by atoms with van der Waals surface area (Å²) < 4.78 is 11.1. The van der Waals surface area contributed by atoms with Gasteiger partial charge in [0.15, 0.2) is 5.96 Å². The van der Waals surface area contributed by atoms with Gasteiger partial charge in [0.05, 0.1) is 7.11 Å². The van der Waals surface area contributed by atoms with E-state index in [1.165, 1.54) is 18.4 Å². The van der Waals surface area contributed by atoms with Crippen molar-refractivity contribution in [2.75, 3.05) is 40.5 Å². The number of ether oxygens (including phenoxy) is 2. The van der Waals surface area contributed by atoms with Crippen molar-refractivity contribution in [2.45, 2.75) is 38.5 Å². The molecule has 0 amide bonds. The minimum atomic E-state index is 0. The SMILES string of the molecule is CN=C(NCCCOCC(C)C)NCC1(c2ccccc2OC)CC1.I. The number of guanidine groups is 1. The lowest BCUT2D eigenvalue weighted by molar-refractivity contribution is 0.108. The van der Waals surface area contributed by atoms with Crippen molar-refractivity contribution in [3.8, 4) is 5.75 Å². The summed E-state index contributed by atoms with van der Waals surface area (Å²) >= 11 is 0. The highest BCUT2D eigenvalue weighted by atomic mass is 127. The van der Waals surface area contributed by atoms with Crippen LogP contribution >= 0.6 is 24.0 Å². The van der Waals surface area contributed by atoms with Crippen LogP contribution in [-0.2, 0) is 10.2 Å². The Morgan fingerprint density at radius 2 is 1.96 bits per heavy atom. The average Bonchev–Trinajstić information content (AvgIpc) is 3.41. The molecule has 26 heavy (non-hydrogen) atoms. The van der Waals surface area contributed by atoms with Gasteiger partial charge in [-0.15, -0.1) is 24.0 Å². The number of methoxy groups -OCH3 is 1. The highest BCUT2D eigenvalue weighted by Crippen LogP contribution is 2.50. The molecule has 0 aromatic heterocycles. The minimum absolute atomic E-state index is 0. The zero-order chi connectivity index (χ0) is 18.1. The molecule has 5 nitrogen and oxygen atoms in total. The second-order valence-electron chi connectivity index (χ2n) is 7.16. The fraction of sp³-hybridized carbons (Fsp3) is 0.650. The van der Waals surface area contributed by atoms with Gasteiger partial charge < -0.3 is 20.1 Å². The Morgan fingerprint density at radius 3 is 2.58 bits per heavy atom. The molecule has 0 atom stereocenters. The van der Waals surface area contributed by atoms with E-state index in [-0.39, 0.29) is 29.4 Å². The Hall–Kier alpha value is -1.02. The van der Waals surface area contributed by atoms with Gasteiger partial charge in [-0.2, -0.15) is 0 Å². The van der Waals surface area contributed by atoms with E-state index in [2.05, 4.69) is 41.6 Å². The molecule has 1 aliphatic carbocycles. The molecule has 1 fully saturated rings. The number of hydrogen-bond acceptors (Lipinski definition) is 3. The van der Waals surface area contributed by atoms with E-state index in [0.29, 0.717) is 5.92 Å². The zero-order valence-corrected chi connectivity index (χ0v) is 18.8. The summed E-state index contributed by atoms with van der Waals surface area (Å²) in [6.07, 6.45) is 3.34. The Labute approximate surface area is 175 Å². The van der Waals surface area contributed by atoms with Crippen molar-refractivity contribution >= 4 is 29.9 Å². The molecule has 0 saturated heterocycles. The Kier molecular flexibility index (Phi) is 10.3. The van der Waals surface area contributed by atoms with E-state index in [9.17, 15) is 0 Å².